The van der Waals surface area contributed by atoms with Crippen LogP contribution in [0.15, 0.2) is 59.5 Å². The average molecular weight is 424 g/mol. The van der Waals surface area contributed by atoms with Gasteiger partial charge < -0.3 is 10.6 Å². The van der Waals surface area contributed by atoms with Crippen LogP contribution in [0.25, 0.3) is 0 Å². The molecule has 3 N–H and O–H groups in total. The molecular weight excluding hydrogens is 394 g/mol. The second-order valence-corrected chi connectivity index (χ2v) is 9.07. The number of rotatable bonds is 6. The van der Waals surface area contributed by atoms with Gasteiger partial charge in [-0.15, -0.1) is 0 Å². The molecule has 2 amide bonds. The maximum absolute atomic E-state index is 12.9. The predicted octanol–water partition coefficient (Wildman–Crippen LogP) is 4.62. The largest absolute Gasteiger partial charge is 0.325 e. The van der Waals surface area contributed by atoms with E-state index in [1.54, 1.807) is 24.3 Å². The van der Waals surface area contributed by atoms with Crippen molar-refractivity contribution in [2.24, 2.45) is 11.8 Å². The maximum atomic E-state index is 12.9. The Hall–Kier alpha value is -2.31. The number of hydrogen-bond acceptors (Lipinski definition) is 4. The van der Waals surface area contributed by atoms with Crippen molar-refractivity contribution in [1.82, 2.24) is 10.0 Å². The fraction of sp³-hybridized carbons (Fsp3) is 0.417. The first kappa shape index (κ1) is 20.9. The molecule has 30 heavy (non-hydrogen) atoms. The van der Waals surface area contributed by atoms with E-state index < -0.39 is 0 Å². The van der Waals surface area contributed by atoms with Crippen LogP contribution < -0.4 is 15.4 Å². The van der Waals surface area contributed by atoms with Crippen LogP contribution in [0.2, 0.25) is 0 Å². The number of amides is 2. The summed E-state index contributed by atoms with van der Waals surface area (Å²) in [5.74, 6) is 0.986. The monoisotopic (exact) mass is 423 g/mol. The second-order valence-electron chi connectivity index (χ2n) is 8.20. The molecule has 2 fully saturated rings. The summed E-state index contributed by atoms with van der Waals surface area (Å²) in [4.78, 5) is 26.2. The average Bonchev–Trinajstić information content (AvgIpc) is 3.29. The van der Waals surface area contributed by atoms with Gasteiger partial charge in [0.05, 0.1) is 6.04 Å². The fourth-order valence-electron chi connectivity index (χ4n) is 4.66. The molecule has 4 rings (SSSR count). The summed E-state index contributed by atoms with van der Waals surface area (Å²) in [5.41, 5.74) is 1.29. The first-order chi connectivity index (χ1) is 14.7. The highest BCUT2D eigenvalue weighted by atomic mass is 32.2. The highest BCUT2D eigenvalue weighted by molar-refractivity contribution is 7.98. The normalized spacial score (nSPS) is 21.9. The van der Waals surface area contributed by atoms with Gasteiger partial charge in [0.15, 0.2) is 0 Å². The molecular formula is C24H29N3O2S. The minimum atomic E-state index is -0.156. The molecule has 2 unspecified atom stereocenters. The molecule has 1 aliphatic carbocycles. The molecule has 0 spiro atoms. The lowest BCUT2D eigenvalue weighted by atomic mass is 9.76. The van der Waals surface area contributed by atoms with E-state index in [9.17, 15) is 9.59 Å². The molecule has 0 bridgehead atoms. The van der Waals surface area contributed by atoms with E-state index in [-0.39, 0.29) is 17.9 Å². The van der Waals surface area contributed by atoms with Crippen molar-refractivity contribution in [2.45, 2.75) is 49.5 Å². The van der Waals surface area contributed by atoms with E-state index in [0.717, 1.165) is 23.5 Å². The minimum Gasteiger partial charge on any atom is -0.325 e. The van der Waals surface area contributed by atoms with E-state index in [1.807, 2.05) is 30.3 Å². The van der Waals surface area contributed by atoms with E-state index in [0.29, 0.717) is 17.4 Å². The molecule has 5 nitrogen and oxygen atoms in total. The van der Waals surface area contributed by atoms with Crippen LogP contribution in [0, 0.1) is 11.8 Å². The van der Waals surface area contributed by atoms with E-state index >= 15 is 0 Å². The zero-order valence-corrected chi connectivity index (χ0v) is 17.9. The van der Waals surface area contributed by atoms with Crippen molar-refractivity contribution < 1.29 is 9.59 Å². The molecule has 1 saturated heterocycles. The van der Waals surface area contributed by atoms with E-state index in [2.05, 4.69) is 15.4 Å². The third kappa shape index (κ3) is 5.24. The van der Waals surface area contributed by atoms with Gasteiger partial charge in [-0.2, -0.15) is 0 Å². The molecule has 2 aromatic carbocycles. The topological polar surface area (TPSA) is 70.2 Å². The number of nitrogens with one attached hydrogen (secondary N) is 3. The van der Waals surface area contributed by atoms with Gasteiger partial charge in [0.2, 0.25) is 5.91 Å². The standard InChI is InChI=1S/C24H29N3O2S/c28-23(27-30-20-9-5-2-6-10-20)18-11-13-19(14-12-18)26-24(29)22-21(15-16-25-22)17-7-3-1-4-8-17/h2,5-6,9-14,17,21-22,25H,1,3-4,7-8,15-16H2,(H,26,29)(H,27,28). The highest BCUT2D eigenvalue weighted by Gasteiger charge is 2.38. The molecule has 1 heterocycles. The molecule has 6 heteroatoms. The molecule has 1 aliphatic heterocycles. The van der Waals surface area contributed by atoms with Crippen molar-refractivity contribution in [3.8, 4) is 0 Å². The highest BCUT2D eigenvalue weighted by Crippen LogP contribution is 2.36. The zero-order valence-electron chi connectivity index (χ0n) is 17.1. The molecule has 2 aromatic rings. The number of carbonyl (C=O) groups excluding carboxylic acids is 2. The van der Waals surface area contributed by atoms with Crippen molar-refractivity contribution in [3.63, 3.8) is 0 Å². The van der Waals surface area contributed by atoms with Gasteiger partial charge in [-0.3, -0.25) is 14.3 Å². The quantitative estimate of drug-likeness (QED) is 0.593. The first-order valence-corrected chi connectivity index (χ1v) is 11.7. The third-order valence-electron chi connectivity index (χ3n) is 6.23. The summed E-state index contributed by atoms with van der Waals surface area (Å²) in [6, 6.07) is 16.7. The first-order valence-electron chi connectivity index (χ1n) is 10.9. The van der Waals surface area contributed by atoms with Gasteiger partial charge in [0, 0.05) is 16.1 Å². The Labute approximate surface area is 182 Å². The second kappa shape index (κ2) is 10.1. The van der Waals surface area contributed by atoms with Crippen LogP contribution in [0.4, 0.5) is 5.69 Å². The molecule has 2 atom stereocenters. The van der Waals surface area contributed by atoms with Crippen LogP contribution >= 0.6 is 11.9 Å². The molecule has 0 aromatic heterocycles. The van der Waals surface area contributed by atoms with Gasteiger partial charge in [-0.05, 0) is 73.1 Å². The fourth-order valence-corrected chi connectivity index (χ4v) is 5.28. The van der Waals surface area contributed by atoms with E-state index in [4.69, 9.17) is 0 Å². The maximum Gasteiger partial charge on any atom is 0.261 e. The summed E-state index contributed by atoms with van der Waals surface area (Å²) in [5, 5.41) is 6.45. The number of anilines is 1. The Balaban J connectivity index is 1.31. The van der Waals surface area contributed by atoms with Crippen LogP contribution in [0.1, 0.15) is 48.9 Å². The van der Waals surface area contributed by atoms with Crippen molar-refractivity contribution in [3.05, 3.63) is 60.2 Å². The summed E-state index contributed by atoms with van der Waals surface area (Å²) >= 11 is 1.29. The SMILES string of the molecule is O=C(NSc1ccccc1)c1ccc(NC(=O)C2NCCC2C2CCCCC2)cc1. The Kier molecular flexibility index (Phi) is 7.07. The summed E-state index contributed by atoms with van der Waals surface area (Å²) in [6.45, 7) is 0.914. The van der Waals surface area contributed by atoms with Crippen LogP contribution in [0.5, 0.6) is 0 Å². The summed E-state index contributed by atoms with van der Waals surface area (Å²) < 4.78 is 2.84. The third-order valence-corrected chi connectivity index (χ3v) is 7.02. The number of hydrogen-bond donors (Lipinski definition) is 3. The zero-order chi connectivity index (χ0) is 20.8. The summed E-state index contributed by atoms with van der Waals surface area (Å²) in [7, 11) is 0. The molecule has 158 valence electrons. The van der Waals surface area contributed by atoms with Gasteiger partial charge in [0.1, 0.15) is 0 Å². The minimum absolute atomic E-state index is 0.0416. The number of benzene rings is 2. The molecule has 0 radical (unpaired) electrons. The Morgan fingerprint density at radius 2 is 1.63 bits per heavy atom. The van der Waals surface area contributed by atoms with Gasteiger partial charge in [-0.1, -0.05) is 50.3 Å². The van der Waals surface area contributed by atoms with Crippen molar-refractivity contribution in [1.29, 1.82) is 0 Å². The smallest absolute Gasteiger partial charge is 0.261 e. The van der Waals surface area contributed by atoms with Gasteiger partial charge in [-0.25, -0.2) is 0 Å². The van der Waals surface area contributed by atoms with Gasteiger partial charge >= 0.3 is 0 Å². The predicted molar refractivity (Wildman–Crippen MR) is 121 cm³/mol. The van der Waals surface area contributed by atoms with Crippen molar-refractivity contribution in [2.75, 3.05) is 11.9 Å². The molecule has 2 aliphatic rings. The van der Waals surface area contributed by atoms with Gasteiger partial charge in [0.25, 0.3) is 5.91 Å². The van der Waals surface area contributed by atoms with Crippen LogP contribution in [0.3, 0.4) is 0 Å². The Morgan fingerprint density at radius 3 is 2.37 bits per heavy atom. The Morgan fingerprint density at radius 1 is 0.900 bits per heavy atom. The lowest BCUT2D eigenvalue weighted by Crippen LogP contribution is -2.42. The summed E-state index contributed by atoms with van der Waals surface area (Å²) in [6.07, 6.45) is 7.50. The Bertz CT molecular complexity index is 851. The van der Waals surface area contributed by atoms with Crippen molar-refractivity contribution >= 4 is 29.4 Å². The number of carbonyl (C=O) groups is 2. The molecule has 1 saturated carbocycles. The van der Waals surface area contributed by atoms with Crippen LogP contribution in [-0.4, -0.2) is 24.4 Å². The van der Waals surface area contributed by atoms with Crippen LogP contribution in [-0.2, 0) is 4.79 Å². The lowest BCUT2D eigenvalue weighted by molar-refractivity contribution is -0.119. The van der Waals surface area contributed by atoms with E-state index in [1.165, 1.54) is 44.1 Å². The lowest BCUT2D eigenvalue weighted by Gasteiger charge is -2.30.